The second-order valence-electron chi connectivity index (χ2n) is 14.0. The van der Waals surface area contributed by atoms with Gasteiger partial charge in [-0.25, -0.2) is 15.0 Å². The maximum absolute atomic E-state index is 5.22. The lowest BCUT2D eigenvalue weighted by atomic mass is 9.99. The van der Waals surface area contributed by atoms with Crippen molar-refractivity contribution in [3.8, 4) is 62.1 Å². The predicted molar refractivity (Wildman–Crippen MR) is 234 cm³/mol. The van der Waals surface area contributed by atoms with Crippen LogP contribution in [0.4, 0.5) is 0 Å². The fourth-order valence-corrected chi connectivity index (χ4v) is 9.25. The number of para-hydroxylation sites is 2. The molecule has 0 aliphatic rings. The van der Waals surface area contributed by atoms with Crippen LogP contribution in [0.3, 0.4) is 0 Å². The van der Waals surface area contributed by atoms with E-state index >= 15 is 0 Å². The average Bonchev–Trinajstić information content (AvgIpc) is 3.83. The van der Waals surface area contributed by atoms with Gasteiger partial charge in [-0.3, -0.25) is 0 Å². The van der Waals surface area contributed by atoms with Gasteiger partial charge < -0.3 is 4.57 Å². The molecule has 0 spiro atoms. The van der Waals surface area contributed by atoms with Crippen molar-refractivity contribution in [2.24, 2.45) is 0 Å². The first-order valence-corrected chi connectivity index (χ1v) is 19.6. The quantitative estimate of drug-likeness (QED) is 0.171. The van der Waals surface area contributed by atoms with Crippen LogP contribution < -0.4 is 0 Å². The summed E-state index contributed by atoms with van der Waals surface area (Å²) in [4.78, 5) is 15.5. The zero-order valence-electron chi connectivity index (χ0n) is 30.2. The summed E-state index contributed by atoms with van der Waals surface area (Å²) in [7, 11) is 0. The number of hydrogen-bond donors (Lipinski definition) is 0. The number of benzene rings is 8. The zero-order valence-corrected chi connectivity index (χ0v) is 31.0. The standard InChI is InChI=1S/C51H32N4S/c1-3-13-33(14-4-1)34-23-25-35(26-24-34)36-27-29-38(30-28-36)50-52-49(37-15-5-2-6-16-37)53-51(54-50)42-19-8-11-21-44(42)55-43-20-10-7-18-41(43)47-45(55)32-31-40-39-17-9-12-22-46(39)56-48(40)47/h1-32H. The van der Waals surface area contributed by atoms with Gasteiger partial charge in [-0.15, -0.1) is 11.3 Å². The highest BCUT2D eigenvalue weighted by atomic mass is 32.1. The van der Waals surface area contributed by atoms with E-state index in [1.807, 2.05) is 35.6 Å². The van der Waals surface area contributed by atoms with Crippen LogP contribution in [0.15, 0.2) is 194 Å². The largest absolute Gasteiger partial charge is 0.308 e. The number of rotatable bonds is 6. The maximum Gasteiger partial charge on any atom is 0.166 e. The van der Waals surface area contributed by atoms with E-state index in [9.17, 15) is 0 Å². The Morgan fingerprint density at radius 1 is 0.339 bits per heavy atom. The molecule has 0 bridgehead atoms. The van der Waals surface area contributed by atoms with Gasteiger partial charge in [-0.05, 0) is 52.6 Å². The molecule has 0 amide bonds. The lowest BCUT2D eigenvalue weighted by molar-refractivity contribution is 1.06. The summed E-state index contributed by atoms with van der Waals surface area (Å²) in [5.41, 5.74) is 10.8. The molecule has 0 saturated heterocycles. The van der Waals surface area contributed by atoms with E-state index < -0.39 is 0 Å². The zero-order chi connectivity index (χ0) is 37.0. The number of aromatic nitrogens is 4. The topological polar surface area (TPSA) is 43.6 Å². The molecule has 0 N–H and O–H groups in total. The molecule has 3 aromatic heterocycles. The number of fused-ring (bicyclic) bond motifs is 7. The van der Waals surface area contributed by atoms with Gasteiger partial charge in [0, 0.05) is 47.6 Å². The smallest absolute Gasteiger partial charge is 0.166 e. The first-order valence-electron chi connectivity index (χ1n) is 18.8. The Morgan fingerprint density at radius 2 is 0.839 bits per heavy atom. The van der Waals surface area contributed by atoms with E-state index in [2.05, 4.69) is 174 Å². The van der Waals surface area contributed by atoms with Crippen LogP contribution >= 0.6 is 11.3 Å². The first kappa shape index (κ1) is 32.2. The van der Waals surface area contributed by atoms with Crippen molar-refractivity contribution < 1.29 is 0 Å². The Balaban J connectivity index is 1.06. The van der Waals surface area contributed by atoms with E-state index in [0.29, 0.717) is 17.5 Å². The summed E-state index contributed by atoms with van der Waals surface area (Å²) >= 11 is 1.87. The summed E-state index contributed by atoms with van der Waals surface area (Å²) in [6.45, 7) is 0. The van der Waals surface area contributed by atoms with Crippen LogP contribution in [-0.4, -0.2) is 19.5 Å². The molecule has 0 aliphatic carbocycles. The van der Waals surface area contributed by atoms with Gasteiger partial charge in [0.15, 0.2) is 17.5 Å². The molecular weight excluding hydrogens is 701 g/mol. The first-order chi connectivity index (χ1) is 27.8. The van der Waals surface area contributed by atoms with Gasteiger partial charge >= 0.3 is 0 Å². The minimum Gasteiger partial charge on any atom is -0.308 e. The predicted octanol–water partition coefficient (Wildman–Crippen LogP) is 13.7. The van der Waals surface area contributed by atoms with Gasteiger partial charge in [0.25, 0.3) is 0 Å². The minimum atomic E-state index is 0.624. The van der Waals surface area contributed by atoms with Crippen molar-refractivity contribution in [3.63, 3.8) is 0 Å². The molecule has 0 unspecified atom stereocenters. The van der Waals surface area contributed by atoms with Crippen molar-refractivity contribution in [2.75, 3.05) is 0 Å². The lowest BCUT2D eigenvalue weighted by Gasteiger charge is -2.14. The SMILES string of the molecule is c1ccc(-c2ccc(-c3ccc(-c4nc(-c5ccccc5)nc(-c5ccccc5-n5c6ccccc6c6c7sc8ccccc8c7ccc65)n4)cc3)cc2)cc1. The molecule has 4 nitrogen and oxygen atoms in total. The van der Waals surface area contributed by atoms with Crippen molar-refractivity contribution in [3.05, 3.63) is 194 Å². The molecule has 11 aromatic rings. The van der Waals surface area contributed by atoms with Crippen LogP contribution in [0.1, 0.15) is 0 Å². The van der Waals surface area contributed by atoms with E-state index in [-0.39, 0.29) is 0 Å². The molecule has 0 atom stereocenters. The molecule has 0 saturated carbocycles. The van der Waals surface area contributed by atoms with Crippen LogP contribution in [0.25, 0.3) is 104 Å². The van der Waals surface area contributed by atoms with Crippen LogP contribution in [0.2, 0.25) is 0 Å². The average molecular weight is 733 g/mol. The molecule has 0 radical (unpaired) electrons. The van der Waals surface area contributed by atoms with Crippen molar-refractivity contribution >= 4 is 53.3 Å². The number of nitrogens with zero attached hydrogens (tertiary/aromatic N) is 4. The molecule has 0 fully saturated rings. The van der Waals surface area contributed by atoms with Gasteiger partial charge in [-0.2, -0.15) is 0 Å². The van der Waals surface area contributed by atoms with Crippen LogP contribution in [0.5, 0.6) is 0 Å². The fraction of sp³-hybridized carbons (Fsp3) is 0. The highest BCUT2D eigenvalue weighted by molar-refractivity contribution is 7.26. The Labute approximate surface area is 327 Å². The van der Waals surface area contributed by atoms with Crippen LogP contribution in [0, 0.1) is 0 Å². The van der Waals surface area contributed by atoms with Crippen LogP contribution in [-0.2, 0) is 0 Å². The van der Waals surface area contributed by atoms with Crippen molar-refractivity contribution in [1.29, 1.82) is 0 Å². The molecule has 0 aliphatic heterocycles. The second kappa shape index (κ2) is 13.3. The molecule has 8 aromatic carbocycles. The third-order valence-electron chi connectivity index (χ3n) is 10.7. The molecule has 56 heavy (non-hydrogen) atoms. The Morgan fingerprint density at radius 3 is 1.54 bits per heavy atom. The molecule has 262 valence electrons. The fourth-order valence-electron chi connectivity index (χ4n) is 7.99. The van der Waals surface area contributed by atoms with E-state index in [1.165, 1.54) is 42.1 Å². The summed E-state index contributed by atoms with van der Waals surface area (Å²) in [5, 5.41) is 5.08. The second-order valence-corrected chi connectivity index (χ2v) is 15.0. The molecule has 3 heterocycles. The number of hydrogen-bond acceptors (Lipinski definition) is 4. The van der Waals surface area contributed by atoms with E-state index in [4.69, 9.17) is 15.0 Å². The minimum absolute atomic E-state index is 0.624. The molecule has 5 heteroatoms. The highest BCUT2D eigenvalue weighted by Crippen LogP contribution is 2.44. The van der Waals surface area contributed by atoms with Crippen molar-refractivity contribution in [2.45, 2.75) is 0 Å². The lowest BCUT2D eigenvalue weighted by Crippen LogP contribution is -2.03. The summed E-state index contributed by atoms with van der Waals surface area (Å²) in [5.74, 6) is 1.89. The molecule has 11 rings (SSSR count). The van der Waals surface area contributed by atoms with Gasteiger partial charge in [0.2, 0.25) is 0 Å². The highest BCUT2D eigenvalue weighted by Gasteiger charge is 2.21. The van der Waals surface area contributed by atoms with Crippen molar-refractivity contribution in [1.82, 2.24) is 19.5 Å². The number of thiophene rings is 1. The summed E-state index contributed by atoms with van der Waals surface area (Å²) < 4.78 is 4.99. The maximum atomic E-state index is 5.22. The third-order valence-corrected chi connectivity index (χ3v) is 11.9. The summed E-state index contributed by atoms with van der Waals surface area (Å²) in [6.07, 6.45) is 0. The third kappa shape index (κ3) is 5.40. The van der Waals surface area contributed by atoms with Gasteiger partial charge in [-0.1, -0.05) is 164 Å². The Bertz CT molecular complexity index is 3220. The van der Waals surface area contributed by atoms with E-state index in [1.54, 1.807) is 0 Å². The van der Waals surface area contributed by atoms with Gasteiger partial charge in [0.1, 0.15) is 0 Å². The Kier molecular flexibility index (Phi) is 7.64. The summed E-state index contributed by atoms with van der Waals surface area (Å²) in [6, 6.07) is 68.4. The monoisotopic (exact) mass is 732 g/mol. The Hall–Kier alpha value is -7.21. The molecular formula is C51H32N4S. The van der Waals surface area contributed by atoms with E-state index in [0.717, 1.165) is 44.5 Å². The van der Waals surface area contributed by atoms with Gasteiger partial charge in [0.05, 0.1) is 16.7 Å². The normalized spacial score (nSPS) is 11.6.